The third kappa shape index (κ3) is 4.01. The van der Waals surface area contributed by atoms with Gasteiger partial charge < -0.3 is 19.2 Å². The minimum absolute atomic E-state index is 0.0363. The molecule has 1 aromatic heterocycles. The van der Waals surface area contributed by atoms with Gasteiger partial charge in [-0.25, -0.2) is 8.78 Å². The van der Waals surface area contributed by atoms with Crippen LogP contribution in [0.4, 0.5) is 8.78 Å². The van der Waals surface area contributed by atoms with E-state index in [-0.39, 0.29) is 41.0 Å². The van der Waals surface area contributed by atoms with Gasteiger partial charge in [0.1, 0.15) is 28.7 Å². The van der Waals surface area contributed by atoms with Gasteiger partial charge >= 0.3 is 0 Å². The van der Waals surface area contributed by atoms with Crippen molar-refractivity contribution in [2.24, 2.45) is 7.05 Å². The van der Waals surface area contributed by atoms with Gasteiger partial charge in [-0.1, -0.05) is 0 Å². The molecule has 1 heterocycles. The third-order valence-corrected chi connectivity index (χ3v) is 4.44. The lowest BCUT2D eigenvalue weighted by molar-refractivity contribution is -0.116. The lowest BCUT2D eigenvalue weighted by atomic mass is 10.0. The van der Waals surface area contributed by atoms with Crippen LogP contribution < -0.4 is 10.3 Å². The topological polar surface area (TPSA) is 85.6 Å². The largest absolute Gasteiger partial charge is 0.506 e. The molecule has 0 aliphatic rings. The molecule has 0 unspecified atom stereocenters. The Kier molecular flexibility index (Phi) is 5.45. The number of rotatable bonds is 6. The number of aromatic hydroxyl groups is 1. The first-order valence-corrected chi connectivity index (χ1v) is 8.70. The van der Waals surface area contributed by atoms with Gasteiger partial charge in [0, 0.05) is 37.4 Å². The van der Waals surface area contributed by atoms with E-state index in [0.717, 1.165) is 22.8 Å². The highest BCUT2D eigenvalue weighted by Crippen LogP contribution is 2.32. The zero-order valence-electron chi connectivity index (χ0n) is 15.7. The fourth-order valence-electron chi connectivity index (χ4n) is 2.91. The van der Waals surface area contributed by atoms with E-state index in [1.165, 1.54) is 32.2 Å². The quantitative estimate of drug-likeness (QED) is 0.634. The molecule has 3 rings (SSSR count). The minimum Gasteiger partial charge on any atom is -0.506 e. The normalized spacial score (nSPS) is 10.9. The number of aromatic nitrogens is 1. The number of carbonyl (C=O) groups is 2. The van der Waals surface area contributed by atoms with Crippen LogP contribution in [0.3, 0.4) is 0 Å². The summed E-state index contributed by atoms with van der Waals surface area (Å²) >= 11 is 0. The molecule has 3 aromatic rings. The van der Waals surface area contributed by atoms with Crippen LogP contribution >= 0.6 is 0 Å². The predicted molar refractivity (Wildman–Crippen MR) is 102 cm³/mol. The molecule has 8 heteroatoms. The number of halogens is 2. The van der Waals surface area contributed by atoms with Crippen molar-refractivity contribution in [3.63, 3.8) is 0 Å². The number of ketones is 2. The molecule has 0 aliphatic carbocycles. The molecule has 150 valence electrons. The van der Waals surface area contributed by atoms with E-state index >= 15 is 0 Å². The van der Waals surface area contributed by atoms with Gasteiger partial charge in [0.15, 0.2) is 17.3 Å². The molecule has 0 fully saturated rings. The van der Waals surface area contributed by atoms with Crippen LogP contribution in [-0.2, 0) is 11.8 Å². The monoisotopic (exact) mass is 401 g/mol. The SMILES string of the molecule is CC(=O)CCC(=O)c1c(O)c2ccc(Oc3cc(F)ccc3F)cc2n(C)c1=O. The first kappa shape index (κ1) is 20.2. The molecule has 0 spiro atoms. The van der Waals surface area contributed by atoms with Crippen LogP contribution in [0.1, 0.15) is 30.1 Å². The number of pyridine rings is 1. The summed E-state index contributed by atoms with van der Waals surface area (Å²) in [6.07, 6.45) is -0.227. The van der Waals surface area contributed by atoms with Crippen molar-refractivity contribution >= 4 is 22.5 Å². The second kappa shape index (κ2) is 7.83. The highest BCUT2D eigenvalue weighted by Gasteiger charge is 2.21. The van der Waals surface area contributed by atoms with Gasteiger partial charge in [0.2, 0.25) is 0 Å². The van der Waals surface area contributed by atoms with Crippen molar-refractivity contribution in [2.45, 2.75) is 19.8 Å². The van der Waals surface area contributed by atoms with Gasteiger partial charge in [-0.15, -0.1) is 0 Å². The van der Waals surface area contributed by atoms with E-state index in [2.05, 4.69) is 0 Å². The molecule has 0 bridgehead atoms. The van der Waals surface area contributed by atoms with E-state index < -0.39 is 34.3 Å². The van der Waals surface area contributed by atoms with Crippen molar-refractivity contribution in [3.05, 3.63) is 63.9 Å². The van der Waals surface area contributed by atoms with Crippen LogP contribution in [0.2, 0.25) is 0 Å². The summed E-state index contributed by atoms with van der Waals surface area (Å²) in [5.41, 5.74) is -0.909. The van der Waals surface area contributed by atoms with E-state index in [1.807, 2.05) is 0 Å². The minimum atomic E-state index is -0.769. The van der Waals surface area contributed by atoms with Gasteiger partial charge in [-0.05, 0) is 31.2 Å². The molecule has 6 nitrogen and oxygen atoms in total. The highest BCUT2D eigenvalue weighted by molar-refractivity contribution is 6.04. The Morgan fingerprint density at radius 2 is 1.83 bits per heavy atom. The third-order valence-electron chi connectivity index (χ3n) is 4.44. The summed E-state index contributed by atoms with van der Waals surface area (Å²) in [5.74, 6) is -3.03. The number of Topliss-reactive ketones (excluding diaryl/α,β-unsaturated/α-hetero) is 2. The summed E-state index contributed by atoms with van der Waals surface area (Å²) < 4.78 is 33.6. The van der Waals surface area contributed by atoms with Crippen molar-refractivity contribution in [1.82, 2.24) is 4.57 Å². The molecule has 0 atom stereocenters. The second-order valence-electron chi connectivity index (χ2n) is 6.57. The maximum absolute atomic E-state index is 13.8. The first-order valence-electron chi connectivity index (χ1n) is 8.70. The molecule has 0 aliphatic heterocycles. The standard InChI is InChI=1S/C21H17F2NO5/c1-11(25)3-8-17(26)19-20(27)14-6-5-13(10-16(14)24(2)21(19)28)29-18-9-12(22)4-7-15(18)23/h4-7,9-10,27H,3,8H2,1-2H3. The fourth-order valence-corrected chi connectivity index (χ4v) is 2.91. The summed E-state index contributed by atoms with van der Waals surface area (Å²) in [5, 5.41) is 10.7. The summed E-state index contributed by atoms with van der Waals surface area (Å²) in [6.45, 7) is 1.33. The first-order chi connectivity index (χ1) is 13.7. The summed E-state index contributed by atoms with van der Waals surface area (Å²) in [6, 6.07) is 6.91. The molecule has 1 N–H and O–H groups in total. The second-order valence-corrected chi connectivity index (χ2v) is 6.57. The lowest BCUT2D eigenvalue weighted by Crippen LogP contribution is -2.25. The predicted octanol–water partition coefficient (Wildman–Crippen LogP) is 3.87. The Hall–Kier alpha value is -3.55. The molecule has 0 amide bonds. The summed E-state index contributed by atoms with van der Waals surface area (Å²) in [7, 11) is 1.40. The van der Waals surface area contributed by atoms with Gasteiger partial charge in [-0.3, -0.25) is 9.59 Å². The van der Waals surface area contributed by atoms with Crippen molar-refractivity contribution in [3.8, 4) is 17.2 Å². The lowest BCUT2D eigenvalue weighted by Gasteiger charge is -2.13. The fraction of sp³-hybridized carbons (Fsp3) is 0.190. The van der Waals surface area contributed by atoms with E-state index in [0.29, 0.717) is 0 Å². The molecule has 29 heavy (non-hydrogen) atoms. The number of hydrogen-bond donors (Lipinski definition) is 1. The number of nitrogens with zero attached hydrogens (tertiary/aromatic N) is 1. The van der Waals surface area contributed by atoms with Crippen molar-refractivity contribution in [1.29, 1.82) is 0 Å². The maximum Gasteiger partial charge on any atom is 0.265 e. The zero-order chi connectivity index (χ0) is 21.3. The van der Waals surface area contributed by atoms with Crippen LogP contribution in [0.15, 0.2) is 41.2 Å². The highest BCUT2D eigenvalue weighted by atomic mass is 19.1. The van der Waals surface area contributed by atoms with Crippen molar-refractivity contribution in [2.75, 3.05) is 0 Å². The van der Waals surface area contributed by atoms with E-state index in [1.54, 1.807) is 0 Å². The number of benzene rings is 2. The number of hydrogen-bond acceptors (Lipinski definition) is 5. The average molecular weight is 401 g/mol. The van der Waals surface area contributed by atoms with Gasteiger partial charge in [-0.2, -0.15) is 0 Å². The van der Waals surface area contributed by atoms with E-state index in [9.17, 15) is 28.3 Å². The molecule has 2 aromatic carbocycles. The Morgan fingerprint density at radius 3 is 2.52 bits per heavy atom. The van der Waals surface area contributed by atoms with Crippen LogP contribution in [0.5, 0.6) is 17.2 Å². The molecular formula is C21H17F2NO5. The smallest absolute Gasteiger partial charge is 0.265 e. The van der Waals surface area contributed by atoms with E-state index in [4.69, 9.17) is 4.74 Å². The molecular weight excluding hydrogens is 384 g/mol. The van der Waals surface area contributed by atoms with Gasteiger partial charge in [0.25, 0.3) is 5.56 Å². The Morgan fingerprint density at radius 1 is 1.10 bits per heavy atom. The molecule has 0 saturated carbocycles. The number of aryl methyl sites for hydroxylation is 1. The van der Waals surface area contributed by atoms with Crippen LogP contribution in [0, 0.1) is 11.6 Å². The van der Waals surface area contributed by atoms with Gasteiger partial charge in [0.05, 0.1) is 5.52 Å². The number of carbonyl (C=O) groups excluding carboxylic acids is 2. The zero-order valence-corrected chi connectivity index (χ0v) is 15.7. The van der Waals surface area contributed by atoms with Crippen LogP contribution in [0.25, 0.3) is 10.9 Å². The number of ether oxygens (including phenoxy) is 1. The average Bonchev–Trinajstić information content (AvgIpc) is 2.67. The summed E-state index contributed by atoms with van der Waals surface area (Å²) in [4.78, 5) is 36.0. The number of fused-ring (bicyclic) bond motifs is 1. The Balaban J connectivity index is 2.06. The van der Waals surface area contributed by atoms with Crippen LogP contribution in [-0.4, -0.2) is 21.2 Å². The molecule has 0 saturated heterocycles. The maximum atomic E-state index is 13.8. The Bertz CT molecular complexity index is 1200. The Labute approximate surface area is 164 Å². The van der Waals surface area contributed by atoms with Crippen molar-refractivity contribution < 1.29 is 28.2 Å². The molecule has 0 radical (unpaired) electrons.